The third-order valence-electron chi connectivity index (χ3n) is 3.57. The van der Waals surface area contributed by atoms with Crippen molar-refractivity contribution < 1.29 is 14.3 Å². The van der Waals surface area contributed by atoms with Crippen LogP contribution in [0.15, 0.2) is 46.9 Å². The van der Waals surface area contributed by atoms with Crippen LogP contribution in [0.5, 0.6) is 11.5 Å². The van der Waals surface area contributed by atoms with Crippen LogP contribution < -0.4 is 14.8 Å². The minimum absolute atomic E-state index is 0.132. The second-order valence-corrected chi connectivity index (χ2v) is 6.25. The maximum absolute atomic E-state index is 12.2. The molecule has 0 saturated heterocycles. The van der Waals surface area contributed by atoms with Gasteiger partial charge in [-0.15, -0.1) is 0 Å². The van der Waals surface area contributed by atoms with Crippen molar-refractivity contribution in [1.29, 1.82) is 0 Å². The zero-order valence-electron chi connectivity index (χ0n) is 14.0. The molecule has 2 rings (SSSR count). The van der Waals surface area contributed by atoms with E-state index in [2.05, 4.69) is 21.2 Å². The molecule has 0 aliphatic heterocycles. The summed E-state index contributed by atoms with van der Waals surface area (Å²) in [6, 6.07) is 13.4. The molecule has 128 valence electrons. The molecular formula is C18H21BrN2O3. The number of amides is 2. The van der Waals surface area contributed by atoms with E-state index in [0.29, 0.717) is 24.6 Å². The SMILES string of the molecule is COc1ccc(CNC(=O)N(C)Cc2ccc(Br)cc2)cc1OC. The van der Waals surface area contributed by atoms with Crippen LogP contribution in [0, 0.1) is 0 Å². The van der Waals surface area contributed by atoms with E-state index in [1.54, 1.807) is 26.2 Å². The van der Waals surface area contributed by atoms with Gasteiger partial charge in [0.05, 0.1) is 14.2 Å². The van der Waals surface area contributed by atoms with E-state index in [9.17, 15) is 4.79 Å². The largest absolute Gasteiger partial charge is 0.493 e. The van der Waals surface area contributed by atoms with Gasteiger partial charge in [0.15, 0.2) is 11.5 Å². The zero-order chi connectivity index (χ0) is 17.5. The second-order valence-electron chi connectivity index (χ2n) is 5.33. The van der Waals surface area contributed by atoms with Crippen LogP contribution in [-0.2, 0) is 13.1 Å². The summed E-state index contributed by atoms with van der Waals surface area (Å²) >= 11 is 3.40. The number of carbonyl (C=O) groups excluding carboxylic acids is 1. The number of hydrogen-bond acceptors (Lipinski definition) is 3. The summed E-state index contributed by atoms with van der Waals surface area (Å²) in [7, 11) is 4.95. The van der Waals surface area contributed by atoms with Crippen LogP contribution in [-0.4, -0.2) is 32.2 Å². The second kappa shape index (κ2) is 8.59. The Hall–Kier alpha value is -2.21. The Bertz CT molecular complexity index is 689. The molecule has 0 unspecified atom stereocenters. The van der Waals surface area contributed by atoms with Crippen molar-refractivity contribution in [2.75, 3.05) is 21.3 Å². The van der Waals surface area contributed by atoms with Gasteiger partial charge in [0.25, 0.3) is 0 Å². The van der Waals surface area contributed by atoms with Crippen molar-refractivity contribution in [2.45, 2.75) is 13.1 Å². The monoisotopic (exact) mass is 392 g/mol. The van der Waals surface area contributed by atoms with Gasteiger partial charge >= 0.3 is 6.03 Å². The lowest BCUT2D eigenvalue weighted by atomic mass is 10.2. The number of nitrogens with zero attached hydrogens (tertiary/aromatic N) is 1. The third-order valence-corrected chi connectivity index (χ3v) is 4.10. The highest BCUT2D eigenvalue weighted by atomic mass is 79.9. The minimum Gasteiger partial charge on any atom is -0.493 e. The van der Waals surface area contributed by atoms with Crippen LogP contribution >= 0.6 is 15.9 Å². The third kappa shape index (κ3) is 4.89. The molecule has 0 aliphatic carbocycles. The van der Waals surface area contributed by atoms with Gasteiger partial charge in [-0.2, -0.15) is 0 Å². The van der Waals surface area contributed by atoms with Crippen molar-refractivity contribution in [2.24, 2.45) is 0 Å². The zero-order valence-corrected chi connectivity index (χ0v) is 15.6. The number of hydrogen-bond donors (Lipinski definition) is 1. The van der Waals surface area contributed by atoms with Crippen molar-refractivity contribution in [3.8, 4) is 11.5 Å². The maximum Gasteiger partial charge on any atom is 0.317 e. The Kier molecular flexibility index (Phi) is 6.49. The van der Waals surface area contributed by atoms with Crippen LogP contribution in [0.4, 0.5) is 4.79 Å². The van der Waals surface area contributed by atoms with Crippen molar-refractivity contribution in [3.05, 3.63) is 58.1 Å². The van der Waals surface area contributed by atoms with E-state index < -0.39 is 0 Å². The summed E-state index contributed by atoms with van der Waals surface area (Å²) in [6.45, 7) is 0.967. The summed E-state index contributed by atoms with van der Waals surface area (Å²) in [5.74, 6) is 1.31. The van der Waals surface area contributed by atoms with Gasteiger partial charge < -0.3 is 19.7 Å². The van der Waals surface area contributed by atoms with Gasteiger partial charge in [-0.05, 0) is 35.4 Å². The number of nitrogens with one attached hydrogen (secondary N) is 1. The van der Waals surface area contributed by atoms with E-state index in [4.69, 9.17) is 9.47 Å². The first kappa shape index (κ1) is 18.1. The average molecular weight is 393 g/mol. The van der Waals surface area contributed by atoms with Crippen LogP contribution in [0.1, 0.15) is 11.1 Å². The summed E-state index contributed by atoms with van der Waals surface area (Å²) in [6.07, 6.45) is 0. The number of carbonyl (C=O) groups is 1. The molecule has 1 N–H and O–H groups in total. The number of halogens is 1. The number of urea groups is 1. The molecule has 0 spiro atoms. The van der Waals surface area contributed by atoms with Gasteiger partial charge in [0.1, 0.15) is 0 Å². The van der Waals surface area contributed by atoms with Gasteiger partial charge in [-0.25, -0.2) is 4.79 Å². The van der Waals surface area contributed by atoms with Crippen LogP contribution in [0.2, 0.25) is 0 Å². The normalized spacial score (nSPS) is 10.2. The summed E-state index contributed by atoms with van der Waals surface area (Å²) < 4.78 is 11.5. The molecule has 2 aromatic rings. The van der Waals surface area contributed by atoms with E-state index >= 15 is 0 Å². The molecular weight excluding hydrogens is 372 g/mol. The molecule has 24 heavy (non-hydrogen) atoms. The predicted octanol–water partition coefficient (Wildman–Crippen LogP) is 3.81. The van der Waals surface area contributed by atoms with Gasteiger partial charge in [0, 0.05) is 24.6 Å². The van der Waals surface area contributed by atoms with E-state index in [0.717, 1.165) is 15.6 Å². The fourth-order valence-electron chi connectivity index (χ4n) is 2.24. The number of methoxy groups -OCH3 is 2. The fraction of sp³-hybridized carbons (Fsp3) is 0.278. The first-order valence-corrected chi connectivity index (χ1v) is 8.27. The standard InChI is InChI=1S/C18H21BrN2O3/c1-21(12-13-4-7-15(19)8-5-13)18(22)20-11-14-6-9-16(23-2)17(10-14)24-3/h4-10H,11-12H2,1-3H3,(H,20,22). The van der Waals surface area contributed by atoms with Gasteiger partial charge in [0.2, 0.25) is 0 Å². The molecule has 0 fully saturated rings. The van der Waals surface area contributed by atoms with Crippen molar-refractivity contribution in [3.63, 3.8) is 0 Å². The Morgan fingerprint density at radius 1 is 1.04 bits per heavy atom. The van der Waals surface area contributed by atoms with Crippen molar-refractivity contribution >= 4 is 22.0 Å². The average Bonchev–Trinajstić information content (AvgIpc) is 2.61. The highest BCUT2D eigenvalue weighted by Crippen LogP contribution is 2.27. The lowest BCUT2D eigenvalue weighted by molar-refractivity contribution is 0.206. The van der Waals surface area contributed by atoms with Crippen molar-refractivity contribution in [1.82, 2.24) is 10.2 Å². The molecule has 2 amide bonds. The Labute approximate surface area is 150 Å². The highest BCUT2D eigenvalue weighted by molar-refractivity contribution is 9.10. The molecule has 0 saturated carbocycles. The Morgan fingerprint density at radius 3 is 2.29 bits per heavy atom. The molecule has 0 atom stereocenters. The first-order valence-electron chi connectivity index (χ1n) is 7.47. The number of benzene rings is 2. The first-order chi connectivity index (χ1) is 11.5. The van der Waals surface area contributed by atoms with E-state index in [1.165, 1.54) is 0 Å². The summed E-state index contributed by atoms with van der Waals surface area (Å²) in [5, 5.41) is 2.90. The number of ether oxygens (including phenoxy) is 2. The van der Waals surface area contributed by atoms with Gasteiger partial charge in [-0.3, -0.25) is 0 Å². The lowest BCUT2D eigenvalue weighted by Crippen LogP contribution is -2.36. The Balaban J connectivity index is 1.91. The Morgan fingerprint density at radius 2 is 1.67 bits per heavy atom. The predicted molar refractivity (Wildman–Crippen MR) is 97.4 cm³/mol. The molecule has 0 aliphatic rings. The van der Waals surface area contributed by atoms with Gasteiger partial charge in [-0.1, -0.05) is 34.1 Å². The summed E-state index contributed by atoms with van der Waals surface area (Å²) in [5.41, 5.74) is 2.01. The summed E-state index contributed by atoms with van der Waals surface area (Å²) in [4.78, 5) is 13.9. The lowest BCUT2D eigenvalue weighted by Gasteiger charge is -2.18. The van der Waals surface area contributed by atoms with Crippen LogP contribution in [0.3, 0.4) is 0 Å². The maximum atomic E-state index is 12.2. The smallest absolute Gasteiger partial charge is 0.317 e. The molecule has 0 heterocycles. The van der Waals surface area contributed by atoms with Crippen LogP contribution in [0.25, 0.3) is 0 Å². The molecule has 0 bridgehead atoms. The highest BCUT2D eigenvalue weighted by Gasteiger charge is 2.10. The molecule has 2 aromatic carbocycles. The minimum atomic E-state index is -0.132. The number of rotatable bonds is 6. The molecule has 6 heteroatoms. The molecule has 5 nitrogen and oxygen atoms in total. The quantitative estimate of drug-likeness (QED) is 0.812. The molecule has 0 radical (unpaired) electrons. The fourth-order valence-corrected chi connectivity index (χ4v) is 2.50. The topological polar surface area (TPSA) is 50.8 Å². The molecule has 0 aromatic heterocycles. The van der Waals surface area contributed by atoms with E-state index in [1.807, 2.05) is 42.5 Å². The van der Waals surface area contributed by atoms with E-state index in [-0.39, 0.29) is 6.03 Å².